The first-order valence-corrected chi connectivity index (χ1v) is 7.26. The van der Waals surface area contributed by atoms with Gasteiger partial charge >= 0.3 is 0 Å². The number of carbonyl (C=O) groups excluding carboxylic acids is 1. The molecule has 1 aromatic rings. The Morgan fingerprint density at radius 1 is 1.59 bits per heavy atom. The van der Waals surface area contributed by atoms with E-state index in [-0.39, 0.29) is 10.7 Å². The molecule has 0 saturated carbocycles. The van der Waals surface area contributed by atoms with Crippen molar-refractivity contribution in [2.24, 2.45) is 0 Å². The molecular weight excluding hydrogens is 254 g/mol. The molecule has 1 fully saturated rings. The lowest BCUT2D eigenvalue weighted by Gasteiger charge is -2.21. The summed E-state index contributed by atoms with van der Waals surface area (Å²) in [6, 6.07) is 7.69. The summed E-state index contributed by atoms with van der Waals surface area (Å²) in [7, 11) is 0. The molecule has 1 amide bonds. The van der Waals surface area contributed by atoms with Crippen LogP contribution in [0.3, 0.4) is 0 Å². The number of anilines is 1. The molecule has 1 saturated heterocycles. The minimum absolute atomic E-state index is 0.103. The predicted molar refractivity (Wildman–Crippen MR) is 74.7 cm³/mol. The van der Waals surface area contributed by atoms with Gasteiger partial charge < -0.3 is 5.32 Å². The molecule has 1 atom stereocenters. The number of nitrogens with one attached hydrogen (secondary N) is 1. The Bertz CT molecular complexity index is 416. The number of hydrogen-bond donors (Lipinski definition) is 1. The van der Waals surface area contributed by atoms with E-state index in [1.165, 1.54) is 0 Å². The molecule has 0 bridgehead atoms. The van der Waals surface area contributed by atoms with Gasteiger partial charge in [0.1, 0.15) is 0 Å². The Labute approximate surface area is 111 Å². The maximum atomic E-state index is 12.2. The van der Waals surface area contributed by atoms with Gasteiger partial charge in [0.25, 0.3) is 0 Å². The van der Waals surface area contributed by atoms with Crippen molar-refractivity contribution in [3.8, 4) is 0 Å². The molecule has 17 heavy (non-hydrogen) atoms. The summed E-state index contributed by atoms with van der Waals surface area (Å²) >= 11 is 7.52. The van der Waals surface area contributed by atoms with Crippen LogP contribution in [-0.4, -0.2) is 16.4 Å². The van der Waals surface area contributed by atoms with E-state index < -0.39 is 0 Å². The predicted octanol–water partition coefficient (Wildman–Crippen LogP) is 3.65. The zero-order chi connectivity index (χ0) is 12.3. The van der Waals surface area contributed by atoms with E-state index in [0.29, 0.717) is 5.88 Å². The average Bonchev–Trinajstić information content (AvgIpc) is 2.78. The summed E-state index contributed by atoms with van der Waals surface area (Å²) in [5, 5.41) is 2.98. The van der Waals surface area contributed by atoms with Gasteiger partial charge in [-0.15, -0.1) is 23.4 Å². The molecule has 0 aromatic heterocycles. The van der Waals surface area contributed by atoms with Gasteiger partial charge in [0.2, 0.25) is 5.91 Å². The SMILES string of the molecule is CC1(C(=O)Nc2cccc(CCl)c2)CCCS1. The molecule has 1 aliphatic rings. The maximum absolute atomic E-state index is 12.2. The lowest BCUT2D eigenvalue weighted by atomic mass is 10.0. The van der Waals surface area contributed by atoms with Crippen LogP contribution in [0.25, 0.3) is 0 Å². The van der Waals surface area contributed by atoms with Gasteiger partial charge in [0, 0.05) is 11.6 Å². The van der Waals surface area contributed by atoms with E-state index in [4.69, 9.17) is 11.6 Å². The van der Waals surface area contributed by atoms with Crippen molar-refractivity contribution in [1.29, 1.82) is 0 Å². The Morgan fingerprint density at radius 2 is 2.41 bits per heavy atom. The number of alkyl halides is 1. The first-order valence-electron chi connectivity index (χ1n) is 5.74. The molecule has 1 unspecified atom stereocenters. The van der Waals surface area contributed by atoms with E-state index in [1.807, 2.05) is 31.2 Å². The second-order valence-corrected chi connectivity index (χ2v) is 6.34. The van der Waals surface area contributed by atoms with Gasteiger partial charge in [-0.3, -0.25) is 4.79 Å². The molecule has 0 spiro atoms. The standard InChI is InChI=1S/C13H16ClNOS/c1-13(6-3-7-17-13)12(16)15-11-5-2-4-10(8-11)9-14/h2,4-5,8H,3,6-7,9H2,1H3,(H,15,16). The van der Waals surface area contributed by atoms with E-state index >= 15 is 0 Å². The smallest absolute Gasteiger partial charge is 0.240 e. The molecular formula is C13H16ClNOS. The number of rotatable bonds is 3. The summed E-state index contributed by atoms with van der Waals surface area (Å²) in [6.07, 6.45) is 2.08. The zero-order valence-electron chi connectivity index (χ0n) is 9.83. The van der Waals surface area contributed by atoms with Crippen molar-refractivity contribution < 1.29 is 4.79 Å². The molecule has 1 N–H and O–H groups in total. The third-order valence-corrected chi connectivity index (χ3v) is 4.87. The highest BCUT2D eigenvalue weighted by atomic mass is 35.5. The van der Waals surface area contributed by atoms with Gasteiger partial charge in [0.05, 0.1) is 4.75 Å². The minimum Gasteiger partial charge on any atom is -0.325 e. The van der Waals surface area contributed by atoms with E-state index in [2.05, 4.69) is 5.32 Å². The molecule has 4 heteroatoms. The molecule has 2 nitrogen and oxygen atoms in total. The second-order valence-electron chi connectivity index (χ2n) is 4.47. The minimum atomic E-state index is -0.267. The van der Waals surface area contributed by atoms with Crippen molar-refractivity contribution >= 4 is 35.0 Å². The van der Waals surface area contributed by atoms with Gasteiger partial charge in [-0.1, -0.05) is 12.1 Å². The summed E-state index contributed by atoms with van der Waals surface area (Å²) in [4.78, 5) is 12.2. The number of thioether (sulfide) groups is 1. The highest BCUT2D eigenvalue weighted by Gasteiger charge is 2.37. The molecule has 0 radical (unpaired) electrons. The fourth-order valence-corrected chi connectivity index (χ4v) is 3.33. The largest absolute Gasteiger partial charge is 0.325 e. The Morgan fingerprint density at radius 3 is 3.06 bits per heavy atom. The zero-order valence-corrected chi connectivity index (χ0v) is 11.4. The van der Waals surface area contributed by atoms with Crippen LogP contribution in [-0.2, 0) is 10.7 Å². The number of halogens is 1. The first kappa shape index (κ1) is 12.8. The fraction of sp³-hybridized carbons (Fsp3) is 0.462. The quantitative estimate of drug-likeness (QED) is 0.849. The van der Waals surface area contributed by atoms with Crippen LogP contribution >= 0.6 is 23.4 Å². The lowest BCUT2D eigenvalue weighted by molar-refractivity contribution is -0.118. The molecule has 2 rings (SSSR count). The van der Waals surface area contributed by atoms with Gasteiger partial charge in [0.15, 0.2) is 0 Å². The molecule has 0 aliphatic carbocycles. The summed E-state index contributed by atoms with van der Waals surface area (Å²) < 4.78 is -0.267. The van der Waals surface area contributed by atoms with Crippen molar-refractivity contribution in [3.63, 3.8) is 0 Å². The number of amides is 1. The van der Waals surface area contributed by atoms with E-state index in [0.717, 1.165) is 29.8 Å². The monoisotopic (exact) mass is 269 g/mol. The number of benzene rings is 1. The summed E-state index contributed by atoms with van der Waals surface area (Å²) in [6.45, 7) is 2.02. The molecule has 1 heterocycles. The summed E-state index contributed by atoms with van der Waals surface area (Å²) in [5.41, 5.74) is 1.86. The third-order valence-electron chi connectivity index (χ3n) is 3.04. The van der Waals surface area contributed by atoms with Crippen LogP contribution in [0.1, 0.15) is 25.3 Å². The molecule has 1 aliphatic heterocycles. The third kappa shape index (κ3) is 2.96. The van der Waals surface area contributed by atoms with E-state index in [1.54, 1.807) is 11.8 Å². The van der Waals surface area contributed by atoms with Crippen LogP contribution < -0.4 is 5.32 Å². The van der Waals surface area contributed by atoms with Crippen LogP contribution in [0.4, 0.5) is 5.69 Å². The summed E-state index contributed by atoms with van der Waals surface area (Å²) in [5.74, 6) is 1.65. The fourth-order valence-electron chi connectivity index (χ4n) is 1.95. The lowest BCUT2D eigenvalue weighted by Crippen LogP contribution is -2.34. The normalized spacial score (nSPS) is 23.6. The molecule has 1 aromatic carbocycles. The van der Waals surface area contributed by atoms with E-state index in [9.17, 15) is 4.79 Å². The Hall–Kier alpha value is -0.670. The average molecular weight is 270 g/mol. The van der Waals surface area contributed by atoms with Crippen molar-refractivity contribution in [2.45, 2.75) is 30.4 Å². The van der Waals surface area contributed by atoms with Crippen LogP contribution in [0, 0.1) is 0 Å². The number of hydrogen-bond acceptors (Lipinski definition) is 2. The van der Waals surface area contributed by atoms with Gasteiger partial charge in [-0.25, -0.2) is 0 Å². The highest BCUT2D eigenvalue weighted by molar-refractivity contribution is 8.01. The number of carbonyl (C=O) groups is 1. The Kier molecular flexibility index (Phi) is 4.00. The van der Waals surface area contributed by atoms with Crippen molar-refractivity contribution in [2.75, 3.05) is 11.1 Å². The van der Waals surface area contributed by atoms with Gasteiger partial charge in [-0.05, 0) is 43.2 Å². The van der Waals surface area contributed by atoms with Gasteiger partial charge in [-0.2, -0.15) is 0 Å². The first-order chi connectivity index (χ1) is 8.14. The van der Waals surface area contributed by atoms with Crippen molar-refractivity contribution in [1.82, 2.24) is 0 Å². The second kappa shape index (κ2) is 5.32. The van der Waals surface area contributed by atoms with Crippen LogP contribution in [0.2, 0.25) is 0 Å². The van der Waals surface area contributed by atoms with Crippen LogP contribution in [0.15, 0.2) is 24.3 Å². The van der Waals surface area contributed by atoms with Crippen molar-refractivity contribution in [3.05, 3.63) is 29.8 Å². The highest BCUT2D eigenvalue weighted by Crippen LogP contribution is 2.38. The topological polar surface area (TPSA) is 29.1 Å². The Balaban J connectivity index is 2.07. The maximum Gasteiger partial charge on any atom is 0.240 e. The molecule has 92 valence electrons. The van der Waals surface area contributed by atoms with Crippen LogP contribution in [0.5, 0.6) is 0 Å².